The number of hydrogen-bond donors (Lipinski definition) is 0. The first-order valence-electron chi connectivity index (χ1n) is 10.2. The van der Waals surface area contributed by atoms with Gasteiger partial charge in [-0.05, 0) is 85.2 Å². The van der Waals surface area contributed by atoms with Gasteiger partial charge in [0.25, 0.3) is 0 Å². The third-order valence-corrected chi connectivity index (χ3v) is 6.52. The molecule has 1 aromatic carbocycles. The van der Waals surface area contributed by atoms with Crippen molar-refractivity contribution in [1.82, 2.24) is 24.6 Å². The second-order valence-electron chi connectivity index (χ2n) is 8.01. The van der Waals surface area contributed by atoms with Gasteiger partial charge < -0.3 is 4.74 Å². The fraction of sp³-hybridized carbons (Fsp3) is 0.409. The summed E-state index contributed by atoms with van der Waals surface area (Å²) in [7, 11) is 2.15. The van der Waals surface area contributed by atoms with Gasteiger partial charge in [0.2, 0.25) is 5.88 Å². The summed E-state index contributed by atoms with van der Waals surface area (Å²) in [6.07, 6.45) is 6.16. The normalized spacial score (nSPS) is 21.9. The van der Waals surface area contributed by atoms with Crippen molar-refractivity contribution in [3.63, 3.8) is 0 Å². The lowest BCUT2D eigenvalue weighted by Crippen LogP contribution is -2.25. The molecule has 6 nitrogen and oxygen atoms in total. The van der Waals surface area contributed by atoms with Crippen LogP contribution < -0.4 is 4.74 Å². The zero-order chi connectivity index (χ0) is 19.8. The lowest BCUT2D eigenvalue weighted by atomic mass is 9.86. The van der Waals surface area contributed by atoms with Crippen molar-refractivity contribution in [1.29, 1.82) is 0 Å². The molecular formula is C22H24IN5O. The molecule has 3 aromatic rings. The summed E-state index contributed by atoms with van der Waals surface area (Å²) in [4.78, 5) is 6.60. The van der Waals surface area contributed by atoms with Crippen LogP contribution in [0.2, 0.25) is 0 Å². The molecule has 1 fully saturated rings. The number of rotatable bonds is 3. The molecule has 0 radical (unpaired) electrons. The molecule has 0 amide bonds. The minimum Gasteiger partial charge on any atom is -0.474 e. The fourth-order valence-corrected chi connectivity index (χ4v) is 5.03. The van der Waals surface area contributed by atoms with Crippen LogP contribution in [-0.4, -0.2) is 37.8 Å². The van der Waals surface area contributed by atoms with Crippen molar-refractivity contribution in [2.75, 3.05) is 7.05 Å². The fourth-order valence-electron chi connectivity index (χ4n) is 4.47. The average molecular weight is 501 g/mol. The molecule has 0 saturated heterocycles. The number of aromatic nitrogens is 4. The highest BCUT2D eigenvalue weighted by molar-refractivity contribution is 14.1. The molecule has 5 rings (SSSR count). The Morgan fingerprint density at radius 1 is 1.03 bits per heavy atom. The Kier molecular flexibility index (Phi) is 5.26. The van der Waals surface area contributed by atoms with Crippen molar-refractivity contribution < 1.29 is 4.74 Å². The zero-order valence-corrected chi connectivity index (χ0v) is 18.6. The quantitative estimate of drug-likeness (QED) is 0.501. The maximum Gasteiger partial charge on any atom is 0.213 e. The van der Waals surface area contributed by atoms with Crippen molar-refractivity contribution in [3.8, 4) is 11.6 Å². The van der Waals surface area contributed by atoms with Crippen LogP contribution in [0.15, 0.2) is 42.6 Å². The highest BCUT2D eigenvalue weighted by atomic mass is 127. The minimum absolute atomic E-state index is 0.229. The Labute approximate surface area is 184 Å². The highest BCUT2D eigenvalue weighted by Gasteiger charge is 2.30. The number of fused-ring (bicyclic) bond motifs is 3. The molecule has 2 aromatic heterocycles. The maximum atomic E-state index is 6.08. The third-order valence-electron chi connectivity index (χ3n) is 5.85. The summed E-state index contributed by atoms with van der Waals surface area (Å²) in [5.74, 6) is 3.28. The molecule has 7 heteroatoms. The van der Waals surface area contributed by atoms with Crippen molar-refractivity contribution in [2.24, 2.45) is 0 Å². The van der Waals surface area contributed by atoms with E-state index in [0.29, 0.717) is 5.92 Å². The van der Waals surface area contributed by atoms with Crippen LogP contribution >= 0.6 is 22.6 Å². The van der Waals surface area contributed by atoms with E-state index in [1.165, 1.54) is 14.8 Å². The van der Waals surface area contributed by atoms with Gasteiger partial charge in [0.05, 0.1) is 12.2 Å². The molecule has 0 N–H and O–H groups in total. The van der Waals surface area contributed by atoms with Crippen LogP contribution in [-0.2, 0) is 13.1 Å². The number of halogens is 1. The molecule has 3 heterocycles. The summed E-state index contributed by atoms with van der Waals surface area (Å²) >= 11 is 2.39. The molecule has 29 heavy (non-hydrogen) atoms. The van der Waals surface area contributed by atoms with Gasteiger partial charge in [-0.3, -0.25) is 9.47 Å². The summed E-state index contributed by atoms with van der Waals surface area (Å²) < 4.78 is 9.66. The number of hydrogen-bond acceptors (Lipinski definition) is 5. The average Bonchev–Trinajstić information content (AvgIpc) is 3.06. The lowest BCUT2D eigenvalue weighted by Gasteiger charge is -2.28. The Bertz CT molecular complexity index is 998. The van der Waals surface area contributed by atoms with E-state index in [0.717, 1.165) is 56.3 Å². The topological polar surface area (TPSA) is 56.1 Å². The minimum atomic E-state index is 0.229. The van der Waals surface area contributed by atoms with Gasteiger partial charge in [0.15, 0.2) is 5.82 Å². The maximum absolute atomic E-state index is 6.08. The third kappa shape index (κ3) is 3.90. The van der Waals surface area contributed by atoms with E-state index in [1.54, 1.807) is 6.20 Å². The molecule has 1 aliphatic carbocycles. The van der Waals surface area contributed by atoms with Gasteiger partial charge in [-0.2, -0.15) is 0 Å². The largest absolute Gasteiger partial charge is 0.474 e. The smallest absolute Gasteiger partial charge is 0.213 e. The van der Waals surface area contributed by atoms with Gasteiger partial charge in [0.1, 0.15) is 11.9 Å². The first-order chi connectivity index (χ1) is 14.2. The van der Waals surface area contributed by atoms with Crippen molar-refractivity contribution in [2.45, 2.75) is 50.8 Å². The molecule has 0 spiro atoms. The second-order valence-corrected chi connectivity index (χ2v) is 9.26. The summed E-state index contributed by atoms with van der Waals surface area (Å²) in [5, 5.41) is 9.24. The summed E-state index contributed by atoms with van der Waals surface area (Å²) in [6, 6.07) is 12.5. The second kappa shape index (κ2) is 8.02. The number of benzene rings is 1. The Morgan fingerprint density at radius 2 is 1.90 bits per heavy atom. The first-order valence-corrected chi connectivity index (χ1v) is 11.2. The van der Waals surface area contributed by atoms with Gasteiger partial charge >= 0.3 is 0 Å². The molecular weight excluding hydrogens is 477 g/mol. The van der Waals surface area contributed by atoms with Gasteiger partial charge in [-0.15, -0.1) is 10.2 Å². The van der Waals surface area contributed by atoms with Crippen molar-refractivity contribution >= 4 is 22.6 Å². The SMILES string of the molecule is CN1Cc2cc(I)ccc2-n2c(nnc2[C@H]2CC[C@@H](Oc3ccccn3)CC2)C1. The molecule has 1 saturated carbocycles. The first kappa shape index (κ1) is 19.0. The van der Waals surface area contributed by atoms with E-state index in [1.807, 2.05) is 18.2 Å². The predicted octanol–water partition coefficient (Wildman–Crippen LogP) is 4.32. The van der Waals surface area contributed by atoms with Crippen LogP contribution in [0.3, 0.4) is 0 Å². The van der Waals surface area contributed by atoms with E-state index in [9.17, 15) is 0 Å². The van der Waals surface area contributed by atoms with Gasteiger partial charge in [0, 0.05) is 28.3 Å². The number of ether oxygens (including phenoxy) is 1. The molecule has 1 aliphatic heterocycles. The number of pyridine rings is 1. The molecule has 0 atom stereocenters. The Morgan fingerprint density at radius 3 is 2.69 bits per heavy atom. The number of nitrogens with zero attached hydrogens (tertiary/aromatic N) is 5. The zero-order valence-electron chi connectivity index (χ0n) is 16.5. The summed E-state index contributed by atoms with van der Waals surface area (Å²) in [5.41, 5.74) is 2.57. The molecule has 0 unspecified atom stereocenters. The summed E-state index contributed by atoms with van der Waals surface area (Å²) in [6.45, 7) is 1.75. The van der Waals surface area contributed by atoms with Crippen LogP contribution in [0.1, 0.15) is 48.8 Å². The predicted molar refractivity (Wildman–Crippen MR) is 119 cm³/mol. The Balaban J connectivity index is 1.38. The molecule has 2 aliphatic rings. The van der Waals surface area contributed by atoms with Gasteiger partial charge in [-0.25, -0.2) is 4.98 Å². The van der Waals surface area contributed by atoms with Crippen LogP contribution in [0.25, 0.3) is 5.69 Å². The molecule has 0 bridgehead atoms. The van der Waals surface area contributed by atoms with E-state index in [4.69, 9.17) is 4.74 Å². The van der Waals surface area contributed by atoms with Crippen LogP contribution in [0, 0.1) is 3.57 Å². The van der Waals surface area contributed by atoms with E-state index >= 15 is 0 Å². The molecule has 150 valence electrons. The van der Waals surface area contributed by atoms with Crippen LogP contribution in [0.4, 0.5) is 0 Å². The monoisotopic (exact) mass is 501 g/mol. The van der Waals surface area contributed by atoms with Crippen LogP contribution in [0.5, 0.6) is 5.88 Å². The standard InChI is InChI=1S/C22H24IN5O/c1-27-13-16-12-17(23)7-10-19(16)28-20(14-27)25-26-22(28)15-5-8-18(9-6-15)29-21-4-2-3-11-24-21/h2-4,7,10-12,15,18H,5-6,8-9,13-14H2,1H3/t15-,18+. The van der Waals surface area contributed by atoms with Gasteiger partial charge in [-0.1, -0.05) is 6.07 Å². The Hall–Kier alpha value is -2.00. The van der Waals surface area contributed by atoms with E-state index < -0.39 is 0 Å². The van der Waals surface area contributed by atoms with Crippen molar-refractivity contribution in [3.05, 3.63) is 63.4 Å². The lowest BCUT2D eigenvalue weighted by molar-refractivity contribution is 0.139. The van der Waals surface area contributed by atoms with E-state index in [2.05, 4.69) is 72.5 Å². The highest BCUT2D eigenvalue weighted by Crippen LogP contribution is 2.36. The van der Waals surface area contributed by atoms with E-state index in [-0.39, 0.29) is 6.10 Å².